The molecule has 1 unspecified atom stereocenters. The fraction of sp³-hybridized carbons (Fsp3) is 0.381. The van der Waals surface area contributed by atoms with Gasteiger partial charge < -0.3 is 19.8 Å². The lowest BCUT2D eigenvalue weighted by molar-refractivity contribution is -0.115. The van der Waals surface area contributed by atoms with Gasteiger partial charge in [-0.1, -0.05) is 29.4 Å². The maximum Gasteiger partial charge on any atom is 0.339 e. The molecule has 1 atom stereocenters. The Labute approximate surface area is 190 Å². The smallest absolute Gasteiger partial charge is 0.339 e. The third-order valence-electron chi connectivity index (χ3n) is 5.07. The molecule has 0 aliphatic carbocycles. The predicted molar refractivity (Wildman–Crippen MR) is 123 cm³/mol. The number of ether oxygens (including phenoxy) is 2. The average molecular weight is 465 g/mol. The lowest BCUT2D eigenvalue weighted by atomic mass is 10.1. The van der Waals surface area contributed by atoms with Crippen molar-refractivity contribution < 1.29 is 19.1 Å². The van der Waals surface area contributed by atoms with E-state index in [1.54, 1.807) is 19.2 Å². The van der Waals surface area contributed by atoms with Crippen molar-refractivity contribution in [3.05, 3.63) is 46.6 Å². The summed E-state index contributed by atoms with van der Waals surface area (Å²) in [7, 11) is 2.83. The molecule has 1 N–H and O–H groups in total. The number of benzene rings is 1. The summed E-state index contributed by atoms with van der Waals surface area (Å²) in [5.74, 6) is -0.156. The Morgan fingerprint density at radius 2 is 2.03 bits per heavy atom. The molecule has 10 heteroatoms. The third-order valence-corrected chi connectivity index (χ3v) is 5.98. The molecule has 0 bridgehead atoms. The van der Waals surface area contributed by atoms with Gasteiger partial charge in [0.25, 0.3) is 0 Å². The molecule has 166 valence electrons. The predicted octanol–water partition coefficient (Wildman–Crippen LogP) is 3.25. The summed E-state index contributed by atoms with van der Waals surface area (Å²) in [6, 6.07) is 8.78. The highest BCUT2D eigenvalue weighted by atomic mass is 35.5. The number of anilines is 2. The molecule has 1 aliphatic heterocycles. The van der Waals surface area contributed by atoms with Gasteiger partial charge in [-0.3, -0.25) is 4.79 Å². The number of halogens is 1. The number of hydrogen-bond donors (Lipinski definition) is 1. The van der Waals surface area contributed by atoms with Crippen LogP contribution in [0.3, 0.4) is 0 Å². The second-order valence-electron chi connectivity index (χ2n) is 6.94. The van der Waals surface area contributed by atoms with Crippen molar-refractivity contribution in [2.45, 2.75) is 13.0 Å². The van der Waals surface area contributed by atoms with Crippen molar-refractivity contribution in [1.82, 2.24) is 9.99 Å². The number of piperazine rings is 1. The molecule has 8 nitrogen and oxygen atoms in total. The monoisotopic (exact) mass is 464 g/mol. The molecule has 2 heterocycles. The Bertz CT molecular complexity index is 974. The molecule has 3 rings (SSSR count). The van der Waals surface area contributed by atoms with Crippen LogP contribution in [-0.4, -0.2) is 67.2 Å². The Kier molecular flexibility index (Phi) is 7.64. The van der Waals surface area contributed by atoms with E-state index in [0.29, 0.717) is 47.5 Å². The highest BCUT2D eigenvalue weighted by Crippen LogP contribution is 2.29. The number of pyridine rings is 1. The topological polar surface area (TPSA) is 84.0 Å². The second kappa shape index (κ2) is 10.2. The first-order valence-electron chi connectivity index (χ1n) is 9.63. The summed E-state index contributed by atoms with van der Waals surface area (Å²) in [6.45, 7) is 3.42. The van der Waals surface area contributed by atoms with E-state index in [1.165, 1.54) is 26.0 Å². The van der Waals surface area contributed by atoms with Crippen LogP contribution in [0.1, 0.15) is 16.1 Å². The Morgan fingerprint density at radius 1 is 1.26 bits per heavy atom. The maximum absolute atomic E-state index is 12.7. The number of methoxy groups -OCH3 is 2. The third kappa shape index (κ3) is 5.23. The molecule has 1 aromatic carbocycles. The van der Waals surface area contributed by atoms with Crippen molar-refractivity contribution in [2.75, 3.05) is 50.4 Å². The van der Waals surface area contributed by atoms with E-state index in [2.05, 4.69) is 15.3 Å². The van der Waals surface area contributed by atoms with E-state index in [0.717, 1.165) is 5.69 Å². The van der Waals surface area contributed by atoms with Crippen LogP contribution in [-0.2, 0) is 9.53 Å². The van der Waals surface area contributed by atoms with Crippen molar-refractivity contribution in [1.29, 1.82) is 0 Å². The number of hydrazine groups is 1. The van der Waals surface area contributed by atoms with Gasteiger partial charge in [-0.05, 0) is 37.4 Å². The van der Waals surface area contributed by atoms with E-state index in [-0.39, 0.29) is 5.12 Å². The summed E-state index contributed by atoms with van der Waals surface area (Å²) >= 11 is 7.32. The van der Waals surface area contributed by atoms with Crippen LogP contribution in [0.4, 0.5) is 11.4 Å². The molecule has 31 heavy (non-hydrogen) atoms. The van der Waals surface area contributed by atoms with E-state index < -0.39 is 12.0 Å². The normalized spacial score (nSPS) is 16.7. The van der Waals surface area contributed by atoms with Gasteiger partial charge in [0.05, 0.1) is 25.5 Å². The molecule has 0 saturated carbocycles. The number of carbonyl (C=O) groups is 2. The summed E-state index contributed by atoms with van der Waals surface area (Å²) in [6.07, 6.45) is 1.77. The van der Waals surface area contributed by atoms with Crippen LogP contribution in [0.5, 0.6) is 5.88 Å². The molecular formula is C21H25ClN4O4S. The molecular weight excluding hydrogens is 440 g/mol. The van der Waals surface area contributed by atoms with Crippen LogP contribution >= 0.6 is 23.4 Å². The molecule has 0 spiro atoms. The van der Waals surface area contributed by atoms with Gasteiger partial charge in [0, 0.05) is 30.3 Å². The number of aromatic nitrogens is 1. The average Bonchev–Trinajstić information content (AvgIpc) is 2.79. The quantitative estimate of drug-likeness (QED) is 0.647. The number of aryl methyl sites for hydroxylation is 1. The molecule has 2 aromatic rings. The van der Waals surface area contributed by atoms with E-state index in [1.807, 2.05) is 29.3 Å². The number of hydrogen-bond acceptors (Lipinski definition) is 9. The highest BCUT2D eigenvalue weighted by molar-refractivity contribution is 8.13. The highest BCUT2D eigenvalue weighted by Gasteiger charge is 2.33. The number of rotatable bonds is 6. The van der Waals surface area contributed by atoms with Crippen molar-refractivity contribution in [3.8, 4) is 5.88 Å². The zero-order chi connectivity index (χ0) is 22.5. The lowest BCUT2D eigenvalue weighted by Gasteiger charge is -2.41. The van der Waals surface area contributed by atoms with E-state index in [9.17, 15) is 9.59 Å². The lowest BCUT2D eigenvalue weighted by Crippen LogP contribution is -2.58. The van der Waals surface area contributed by atoms with Crippen LogP contribution in [0.25, 0.3) is 0 Å². The molecule has 1 aliphatic rings. The Balaban J connectivity index is 1.88. The summed E-state index contributed by atoms with van der Waals surface area (Å²) in [5, 5.41) is 2.53. The fourth-order valence-electron chi connectivity index (χ4n) is 3.45. The largest absolute Gasteiger partial charge is 0.479 e. The molecule has 0 radical (unpaired) electrons. The molecule has 1 aromatic heterocycles. The standard InChI is InChI=1S/C21H25ClN4O4S/c1-13-16(20(27)30-3)11-17(19(23-13)29-2)24-26-9-8-25(12-18(26)21(28)31-4)15-7-5-6-14(22)10-15/h5-7,10-11,18,24H,8-9,12H2,1-4H3. The van der Waals surface area contributed by atoms with Gasteiger partial charge in [-0.2, -0.15) is 0 Å². The van der Waals surface area contributed by atoms with Gasteiger partial charge in [0.1, 0.15) is 11.7 Å². The van der Waals surface area contributed by atoms with Crippen molar-refractivity contribution >= 4 is 45.8 Å². The minimum Gasteiger partial charge on any atom is -0.479 e. The minimum absolute atomic E-state index is 0.0199. The van der Waals surface area contributed by atoms with Crippen LogP contribution < -0.4 is 15.1 Å². The number of thioether (sulfide) groups is 1. The van der Waals surface area contributed by atoms with Crippen molar-refractivity contribution in [2.24, 2.45) is 0 Å². The molecule has 0 amide bonds. The summed E-state index contributed by atoms with van der Waals surface area (Å²) in [5.41, 5.74) is 5.53. The van der Waals surface area contributed by atoms with Crippen LogP contribution in [0.15, 0.2) is 30.3 Å². The second-order valence-corrected chi connectivity index (χ2v) is 8.19. The van der Waals surface area contributed by atoms with Gasteiger partial charge in [-0.25, -0.2) is 14.8 Å². The first kappa shape index (κ1) is 23.2. The molecule has 1 saturated heterocycles. The maximum atomic E-state index is 12.7. The first-order valence-corrected chi connectivity index (χ1v) is 11.2. The van der Waals surface area contributed by atoms with E-state index >= 15 is 0 Å². The van der Waals surface area contributed by atoms with Gasteiger partial charge >= 0.3 is 5.97 Å². The van der Waals surface area contributed by atoms with Crippen molar-refractivity contribution in [3.63, 3.8) is 0 Å². The number of esters is 1. The first-order chi connectivity index (χ1) is 14.9. The van der Waals surface area contributed by atoms with Crippen LogP contribution in [0.2, 0.25) is 5.02 Å². The number of nitrogens with zero attached hydrogens (tertiary/aromatic N) is 3. The van der Waals surface area contributed by atoms with Gasteiger partial charge in [0.2, 0.25) is 11.0 Å². The summed E-state index contributed by atoms with van der Waals surface area (Å²) in [4.78, 5) is 31.3. The van der Waals surface area contributed by atoms with Gasteiger partial charge in [-0.15, -0.1) is 0 Å². The molecule has 1 fully saturated rings. The number of carbonyl (C=O) groups excluding carboxylic acids is 2. The number of nitrogens with one attached hydrogen (secondary N) is 1. The van der Waals surface area contributed by atoms with E-state index in [4.69, 9.17) is 21.1 Å². The minimum atomic E-state index is -0.488. The summed E-state index contributed by atoms with van der Waals surface area (Å²) < 4.78 is 10.2. The fourth-order valence-corrected chi connectivity index (χ4v) is 4.11. The SMILES string of the molecule is COC(=O)c1cc(NN2CCN(c3cccc(Cl)c3)CC2C(=O)SC)c(OC)nc1C. The Morgan fingerprint density at radius 3 is 2.68 bits per heavy atom. The van der Waals surface area contributed by atoms with Crippen LogP contribution in [0, 0.1) is 6.92 Å². The zero-order valence-corrected chi connectivity index (χ0v) is 19.4. The zero-order valence-electron chi connectivity index (χ0n) is 17.8. The Hall–Kier alpha value is -2.49. The van der Waals surface area contributed by atoms with Gasteiger partial charge in [0.15, 0.2) is 0 Å².